The average Bonchev–Trinajstić information content (AvgIpc) is 3.19. The number of carbonyl (C=O) groups is 1. The molecule has 7 heteroatoms. The molecule has 0 spiro atoms. The van der Waals surface area contributed by atoms with Crippen molar-refractivity contribution in [3.05, 3.63) is 67.5 Å². The molecule has 3 aromatic rings. The quantitative estimate of drug-likeness (QED) is 0.605. The van der Waals surface area contributed by atoms with Crippen molar-refractivity contribution < 1.29 is 4.79 Å². The van der Waals surface area contributed by atoms with E-state index in [-0.39, 0.29) is 18.0 Å². The van der Waals surface area contributed by atoms with Crippen molar-refractivity contribution in [3.63, 3.8) is 0 Å². The maximum absolute atomic E-state index is 13.0. The molecule has 0 fully saturated rings. The van der Waals surface area contributed by atoms with E-state index in [0.29, 0.717) is 30.4 Å². The normalized spacial score (nSPS) is 11.0. The maximum Gasteiger partial charge on any atom is 0.331 e. The highest BCUT2D eigenvalue weighted by Crippen LogP contribution is 2.11. The van der Waals surface area contributed by atoms with Gasteiger partial charge in [-0.25, -0.2) is 4.79 Å². The van der Waals surface area contributed by atoms with Crippen LogP contribution in [0.25, 0.3) is 10.9 Å². The van der Waals surface area contributed by atoms with Crippen LogP contribution in [0.3, 0.4) is 0 Å². The zero-order valence-electron chi connectivity index (χ0n) is 15.3. The fourth-order valence-corrected chi connectivity index (χ4v) is 3.70. The number of nitrogens with zero attached hydrogens (tertiary/aromatic N) is 2. The first-order chi connectivity index (χ1) is 13.1. The summed E-state index contributed by atoms with van der Waals surface area (Å²) in [6, 6.07) is 10.9. The molecule has 6 nitrogen and oxygen atoms in total. The van der Waals surface area contributed by atoms with E-state index in [9.17, 15) is 14.4 Å². The van der Waals surface area contributed by atoms with Crippen LogP contribution in [0.2, 0.25) is 0 Å². The van der Waals surface area contributed by atoms with E-state index in [2.05, 4.69) is 5.32 Å². The second-order valence-electron chi connectivity index (χ2n) is 6.38. The summed E-state index contributed by atoms with van der Waals surface area (Å²) in [6.45, 7) is 2.83. The molecule has 0 saturated carbocycles. The largest absolute Gasteiger partial charge is 0.355 e. The predicted molar refractivity (Wildman–Crippen MR) is 108 cm³/mol. The summed E-state index contributed by atoms with van der Waals surface area (Å²) in [4.78, 5) is 39.2. The van der Waals surface area contributed by atoms with E-state index < -0.39 is 5.69 Å². The Morgan fingerprint density at radius 2 is 1.93 bits per heavy atom. The Kier molecular flexibility index (Phi) is 6.24. The minimum atomic E-state index is -0.444. The number of aromatic nitrogens is 2. The molecule has 0 aliphatic carbocycles. The van der Waals surface area contributed by atoms with Crippen LogP contribution in [0.4, 0.5) is 0 Å². The number of thiophene rings is 1. The van der Waals surface area contributed by atoms with Crippen molar-refractivity contribution in [2.45, 2.75) is 39.3 Å². The minimum Gasteiger partial charge on any atom is -0.355 e. The van der Waals surface area contributed by atoms with Gasteiger partial charge in [0.2, 0.25) is 5.91 Å². The summed E-state index contributed by atoms with van der Waals surface area (Å²) in [6.07, 6.45) is 2.48. The molecule has 3 rings (SSSR count). The first-order valence-corrected chi connectivity index (χ1v) is 10.0. The van der Waals surface area contributed by atoms with Crippen molar-refractivity contribution in [2.75, 3.05) is 6.54 Å². The van der Waals surface area contributed by atoms with Gasteiger partial charge in [-0.2, -0.15) is 0 Å². The molecule has 2 heterocycles. The summed E-state index contributed by atoms with van der Waals surface area (Å²) in [5.41, 5.74) is -0.263. The molecule has 0 saturated heterocycles. The summed E-state index contributed by atoms with van der Waals surface area (Å²) in [5.74, 6) is -0.223. The number of fused-ring (bicyclic) bond motifs is 1. The molecule has 0 bridgehead atoms. The van der Waals surface area contributed by atoms with E-state index in [0.717, 1.165) is 17.7 Å². The SMILES string of the molecule is CCCCNC(=O)Cn1c(=O)n(CCc2cccs2)c(=O)c2ccccc21. The summed E-state index contributed by atoms with van der Waals surface area (Å²) in [7, 11) is 0. The average molecular weight is 385 g/mol. The van der Waals surface area contributed by atoms with Crippen molar-refractivity contribution in [3.8, 4) is 0 Å². The summed E-state index contributed by atoms with van der Waals surface area (Å²) in [5, 5.41) is 5.25. The zero-order chi connectivity index (χ0) is 19.2. The van der Waals surface area contributed by atoms with Gasteiger partial charge in [0.1, 0.15) is 6.54 Å². The van der Waals surface area contributed by atoms with E-state index in [4.69, 9.17) is 0 Å². The second-order valence-corrected chi connectivity index (χ2v) is 7.41. The highest BCUT2D eigenvalue weighted by Gasteiger charge is 2.15. The van der Waals surface area contributed by atoms with Crippen LogP contribution in [0.15, 0.2) is 51.4 Å². The van der Waals surface area contributed by atoms with E-state index >= 15 is 0 Å². The number of hydrogen-bond acceptors (Lipinski definition) is 4. The lowest BCUT2D eigenvalue weighted by atomic mass is 10.2. The van der Waals surface area contributed by atoms with Crippen molar-refractivity contribution >= 4 is 28.1 Å². The minimum absolute atomic E-state index is 0.0949. The lowest BCUT2D eigenvalue weighted by Gasteiger charge is -2.14. The van der Waals surface area contributed by atoms with E-state index in [1.807, 2.05) is 24.4 Å². The number of aryl methyl sites for hydroxylation is 1. The van der Waals surface area contributed by atoms with Crippen LogP contribution < -0.4 is 16.6 Å². The first-order valence-electron chi connectivity index (χ1n) is 9.13. The number of unbranched alkanes of at least 4 members (excludes halogenated alkanes) is 1. The highest BCUT2D eigenvalue weighted by atomic mass is 32.1. The van der Waals surface area contributed by atoms with Gasteiger partial charge >= 0.3 is 5.69 Å². The van der Waals surface area contributed by atoms with Crippen molar-refractivity contribution in [1.82, 2.24) is 14.5 Å². The molecule has 0 unspecified atom stereocenters. The molecule has 2 aromatic heterocycles. The Balaban J connectivity index is 1.97. The molecule has 27 heavy (non-hydrogen) atoms. The monoisotopic (exact) mass is 385 g/mol. The van der Waals surface area contributed by atoms with Crippen molar-refractivity contribution in [2.24, 2.45) is 0 Å². The number of benzene rings is 1. The summed E-state index contributed by atoms with van der Waals surface area (Å²) >= 11 is 1.60. The van der Waals surface area contributed by atoms with Crippen LogP contribution in [0, 0.1) is 0 Å². The smallest absolute Gasteiger partial charge is 0.331 e. The number of para-hydroxylation sites is 1. The van der Waals surface area contributed by atoms with Gasteiger partial charge in [-0.1, -0.05) is 31.5 Å². The van der Waals surface area contributed by atoms with Gasteiger partial charge < -0.3 is 5.32 Å². The molecular formula is C20H23N3O3S. The molecule has 0 radical (unpaired) electrons. The lowest BCUT2D eigenvalue weighted by molar-refractivity contribution is -0.121. The Bertz CT molecular complexity index is 1030. The molecule has 0 aliphatic heterocycles. The van der Waals surface area contributed by atoms with Crippen LogP contribution in [-0.2, 0) is 24.3 Å². The molecule has 1 amide bonds. The topological polar surface area (TPSA) is 73.1 Å². The number of nitrogens with one attached hydrogen (secondary N) is 1. The Labute approximate surface area is 161 Å². The van der Waals surface area contributed by atoms with Crippen LogP contribution in [0.5, 0.6) is 0 Å². The molecule has 1 N–H and O–H groups in total. The van der Waals surface area contributed by atoms with Gasteiger partial charge in [-0.05, 0) is 36.4 Å². The lowest BCUT2D eigenvalue weighted by Crippen LogP contribution is -2.43. The van der Waals surface area contributed by atoms with Gasteiger partial charge in [0.15, 0.2) is 0 Å². The third-order valence-corrected chi connectivity index (χ3v) is 5.38. The first kappa shape index (κ1) is 19.1. The fourth-order valence-electron chi connectivity index (χ4n) is 3.00. The Hall–Kier alpha value is -2.67. The molecule has 142 valence electrons. The molecule has 0 aliphatic rings. The van der Waals surface area contributed by atoms with Crippen LogP contribution in [0.1, 0.15) is 24.6 Å². The molecular weight excluding hydrogens is 362 g/mol. The van der Waals surface area contributed by atoms with Gasteiger partial charge in [0.25, 0.3) is 5.56 Å². The van der Waals surface area contributed by atoms with Crippen LogP contribution in [-0.4, -0.2) is 21.6 Å². The zero-order valence-corrected chi connectivity index (χ0v) is 16.1. The Morgan fingerprint density at radius 3 is 2.67 bits per heavy atom. The molecule has 0 atom stereocenters. The Morgan fingerprint density at radius 1 is 1.11 bits per heavy atom. The second kappa shape index (κ2) is 8.81. The van der Waals surface area contributed by atoms with Gasteiger partial charge in [-0.15, -0.1) is 11.3 Å². The van der Waals surface area contributed by atoms with Gasteiger partial charge in [0, 0.05) is 18.0 Å². The van der Waals surface area contributed by atoms with E-state index in [1.54, 1.807) is 35.6 Å². The maximum atomic E-state index is 13.0. The number of amides is 1. The summed E-state index contributed by atoms with van der Waals surface area (Å²) < 4.78 is 2.63. The number of carbonyl (C=O) groups excluding carboxylic acids is 1. The van der Waals surface area contributed by atoms with E-state index in [1.165, 1.54) is 9.13 Å². The standard InChI is InChI=1S/C20H23N3O3S/c1-2-3-11-21-18(24)14-23-17-9-5-4-8-16(17)19(25)22(20(23)26)12-10-15-7-6-13-27-15/h4-9,13H,2-3,10-12,14H2,1H3,(H,21,24). The number of rotatable bonds is 8. The predicted octanol–water partition coefficient (Wildman–Crippen LogP) is 2.38. The fraction of sp³-hybridized carbons (Fsp3) is 0.350. The van der Waals surface area contributed by atoms with Crippen LogP contribution >= 0.6 is 11.3 Å². The van der Waals surface area contributed by atoms with Crippen molar-refractivity contribution in [1.29, 1.82) is 0 Å². The molecule has 1 aromatic carbocycles. The van der Waals surface area contributed by atoms with Gasteiger partial charge in [-0.3, -0.25) is 18.7 Å². The third-order valence-electron chi connectivity index (χ3n) is 4.45. The number of hydrogen-bond donors (Lipinski definition) is 1. The third kappa shape index (κ3) is 4.36. The highest BCUT2D eigenvalue weighted by molar-refractivity contribution is 7.09. The van der Waals surface area contributed by atoms with Gasteiger partial charge in [0.05, 0.1) is 10.9 Å².